The van der Waals surface area contributed by atoms with Crippen molar-refractivity contribution < 1.29 is 28.5 Å². The van der Waals surface area contributed by atoms with Gasteiger partial charge in [-0.15, -0.1) is 0 Å². The van der Waals surface area contributed by atoms with Gasteiger partial charge in [0.25, 0.3) is 5.56 Å². The van der Waals surface area contributed by atoms with Crippen molar-refractivity contribution in [3.05, 3.63) is 109 Å². The minimum Gasteiger partial charge on any atom is -0.493 e. The Labute approximate surface area is 245 Å². The maximum atomic E-state index is 14.1. The Morgan fingerprint density at radius 3 is 2.60 bits per heavy atom. The van der Waals surface area contributed by atoms with Crippen LogP contribution in [0.2, 0.25) is 0 Å². The molecule has 0 saturated heterocycles. The van der Waals surface area contributed by atoms with Crippen molar-refractivity contribution in [2.75, 3.05) is 27.1 Å². The standard InChI is InChI=1S/C32H28N2O7S/c1-4-38-24-15-19(11-13-22(24)37-3)16-26-30(35)34-29(21-12-14-23-25(17-21)41-18-40-23)27(31(36)39-5-2)28(33-32(34)42-26)20-9-7-6-8-10-20/h6-17,29H,4-5,18H2,1-3H3/b26-16+/t29-/m0/s1. The summed E-state index contributed by atoms with van der Waals surface area (Å²) >= 11 is 1.25. The van der Waals surface area contributed by atoms with E-state index in [9.17, 15) is 9.59 Å². The molecule has 10 heteroatoms. The van der Waals surface area contributed by atoms with E-state index in [1.807, 2.05) is 55.5 Å². The summed E-state index contributed by atoms with van der Waals surface area (Å²) in [5.41, 5.74) is 2.60. The molecule has 0 aliphatic carbocycles. The maximum absolute atomic E-state index is 14.1. The van der Waals surface area contributed by atoms with Gasteiger partial charge in [-0.3, -0.25) is 9.36 Å². The van der Waals surface area contributed by atoms with Crippen molar-refractivity contribution in [2.24, 2.45) is 4.99 Å². The van der Waals surface area contributed by atoms with Crippen molar-refractivity contribution in [1.82, 2.24) is 4.57 Å². The van der Waals surface area contributed by atoms with Crippen LogP contribution in [0.3, 0.4) is 0 Å². The van der Waals surface area contributed by atoms with E-state index in [0.29, 0.717) is 50.2 Å². The highest BCUT2D eigenvalue weighted by molar-refractivity contribution is 7.07. The third-order valence-corrected chi connectivity index (χ3v) is 7.85. The van der Waals surface area contributed by atoms with Crippen molar-refractivity contribution in [3.63, 3.8) is 0 Å². The third-order valence-electron chi connectivity index (χ3n) is 6.87. The molecule has 0 radical (unpaired) electrons. The molecule has 0 N–H and O–H groups in total. The molecule has 0 amide bonds. The second-order valence-electron chi connectivity index (χ2n) is 9.39. The molecule has 0 unspecified atom stereocenters. The summed E-state index contributed by atoms with van der Waals surface area (Å²) in [6.07, 6.45) is 1.79. The molecule has 0 bridgehead atoms. The van der Waals surface area contributed by atoms with Crippen molar-refractivity contribution in [2.45, 2.75) is 19.9 Å². The molecule has 214 valence electrons. The van der Waals surface area contributed by atoms with Crippen LogP contribution in [0.25, 0.3) is 11.8 Å². The Balaban J connectivity index is 1.60. The first-order chi connectivity index (χ1) is 20.5. The summed E-state index contributed by atoms with van der Waals surface area (Å²) in [5.74, 6) is 1.77. The van der Waals surface area contributed by atoms with Crippen LogP contribution in [0, 0.1) is 0 Å². The van der Waals surface area contributed by atoms with Crippen LogP contribution >= 0.6 is 11.3 Å². The normalized spacial score (nSPS) is 15.7. The van der Waals surface area contributed by atoms with Crippen LogP contribution in [-0.2, 0) is 9.53 Å². The van der Waals surface area contributed by atoms with Crippen LogP contribution in [0.15, 0.2) is 82.1 Å². The first kappa shape index (κ1) is 27.3. The van der Waals surface area contributed by atoms with Gasteiger partial charge in [0.2, 0.25) is 6.79 Å². The Hall–Kier alpha value is -4.83. The number of methoxy groups -OCH3 is 1. The molecule has 4 aromatic rings. The zero-order valence-electron chi connectivity index (χ0n) is 23.3. The fourth-order valence-corrected chi connectivity index (χ4v) is 6.04. The van der Waals surface area contributed by atoms with Crippen LogP contribution in [0.4, 0.5) is 0 Å². The fourth-order valence-electron chi connectivity index (χ4n) is 5.04. The highest BCUT2D eigenvalue weighted by Gasteiger charge is 2.36. The van der Waals surface area contributed by atoms with Gasteiger partial charge >= 0.3 is 5.97 Å². The van der Waals surface area contributed by atoms with Crippen molar-refractivity contribution >= 4 is 29.1 Å². The summed E-state index contributed by atoms with van der Waals surface area (Å²) in [5, 5.41) is 0. The number of thiazole rings is 1. The first-order valence-electron chi connectivity index (χ1n) is 13.5. The lowest BCUT2D eigenvalue weighted by molar-refractivity contribution is -0.138. The molecule has 2 aliphatic heterocycles. The SMILES string of the molecule is CCOC(=O)C1=C(c2ccccc2)N=c2s/c(=C/c3ccc(OC)c(OCC)c3)c(=O)n2[C@H]1c1ccc2c(c1)OCO2. The Morgan fingerprint density at radius 1 is 1.02 bits per heavy atom. The molecule has 3 heterocycles. The van der Waals surface area contributed by atoms with Gasteiger partial charge in [0, 0.05) is 5.56 Å². The predicted octanol–water partition coefficient (Wildman–Crippen LogP) is 4.07. The van der Waals surface area contributed by atoms with Gasteiger partial charge in [0.05, 0.1) is 42.2 Å². The third kappa shape index (κ3) is 4.94. The fraction of sp³-hybridized carbons (Fsp3) is 0.219. The van der Waals surface area contributed by atoms with Crippen molar-refractivity contribution in [1.29, 1.82) is 0 Å². The molecular weight excluding hydrogens is 556 g/mol. The van der Waals surface area contributed by atoms with E-state index < -0.39 is 12.0 Å². The van der Waals surface area contributed by atoms with E-state index in [4.69, 9.17) is 28.7 Å². The lowest BCUT2D eigenvalue weighted by Crippen LogP contribution is -2.40. The highest BCUT2D eigenvalue weighted by atomic mass is 32.1. The van der Waals surface area contributed by atoms with Gasteiger partial charge in [0.15, 0.2) is 27.8 Å². The van der Waals surface area contributed by atoms with Crippen LogP contribution in [-0.4, -0.2) is 37.7 Å². The van der Waals surface area contributed by atoms with Gasteiger partial charge in [0.1, 0.15) is 0 Å². The van der Waals surface area contributed by atoms with E-state index in [2.05, 4.69) is 0 Å². The van der Waals surface area contributed by atoms with Gasteiger partial charge in [-0.2, -0.15) is 0 Å². The summed E-state index contributed by atoms with van der Waals surface area (Å²) in [4.78, 5) is 33.1. The van der Waals surface area contributed by atoms with Gasteiger partial charge in [-0.05, 0) is 55.3 Å². The molecule has 2 aliphatic rings. The minimum absolute atomic E-state index is 0.100. The number of esters is 1. The maximum Gasteiger partial charge on any atom is 0.338 e. The monoisotopic (exact) mass is 584 g/mol. The molecule has 42 heavy (non-hydrogen) atoms. The zero-order chi connectivity index (χ0) is 29.2. The summed E-state index contributed by atoms with van der Waals surface area (Å²) < 4.78 is 29.8. The number of hydrogen-bond donors (Lipinski definition) is 0. The summed E-state index contributed by atoms with van der Waals surface area (Å²) in [6, 6.07) is 19.5. The molecule has 9 nitrogen and oxygen atoms in total. The number of ether oxygens (including phenoxy) is 5. The number of carbonyl (C=O) groups excluding carboxylic acids is 1. The largest absolute Gasteiger partial charge is 0.493 e. The van der Waals surface area contributed by atoms with E-state index in [-0.39, 0.29) is 24.5 Å². The second kappa shape index (κ2) is 11.6. The Kier molecular flexibility index (Phi) is 7.54. The summed E-state index contributed by atoms with van der Waals surface area (Å²) in [6.45, 7) is 4.38. The van der Waals surface area contributed by atoms with Crippen LogP contribution in [0.1, 0.15) is 36.6 Å². The number of rotatable bonds is 8. The summed E-state index contributed by atoms with van der Waals surface area (Å²) in [7, 11) is 1.58. The van der Waals surface area contributed by atoms with E-state index >= 15 is 0 Å². The minimum atomic E-state index is -0.818. The van der Waals surface area contributed by atoms with Crippen molar-refractivity contribution in [3.8, 4) is 23.0 Å². The molecule has 0 saturated carbocycles. The number of carbonyl (C=O) groups is 1. The molecule has 1 atom stereocenters. The number of benzene rings is 3. The lowest BCUT2D eigenvalue weighted by Gasteiger charge is -2.26. The average Bonchev–Trinajstić information content (AvgIpc) is 3.60. The smallest absolute Gasteiger partial charge is 0.338 e. The molecule has 0 fully saturated rings. The van der Waals surface area contributed by atoms with Crippen LogP contribution < -0.4 is 33.8 Å². The Bertz CT molecular complexity index is 1870. The van der Waals surface area contributed by atoms with E-state index in [1.54, 1.807) is 42.9 Å². The first-order valence-corrected chi connectivity index (χ1v) is 14.3. The number of hydrogen-bond acceptors (Lipinski definition) is 9. The molecule has 0 spiro atoms. The molecule has 1 aromatic heterocycles. The number of nitrogens with zero attached hydrogens (tertiary/aromatic N) is 2. The molecule has 6 rings (SSSR count). The van der Waals surface area contributed by atoms with Crippen LogP contribution in [0.5, 0.6) is 23.0 Å². The van der Waals surface area contributed by atoms with Gasteiger partial charge in [-0.1, -0.05) is 53.8 Å². The predicted molar refractivity (Wildman–Crippen MR) is 158 cm³/mol. The second-order valence-corrected chi connectivity index (χ2v) is 10.4. The lowest BCUT2D eigenvalue weighted by atomic mass is 9.93. The van der Waals surface area contributed by atoms with Gasteiger partial charge < -0.3 is 23.7 Å². The topological polar surface area (TPSA) is 97.6 Å². The number of fused-ring (bicyclic) bond motifs is 2. The highest BCUT2D eigenvalue weighted by Crippen LogP contribution is 2.40. The molecule has 3 aromatic carbocycles. The average molecular weight is 585 g/mol. The number of aromatic nitrogens is 1. The quantitative estimate of drug-likeness (QED) is 0.288. The van der Waals surface area contributed by atoms with E-state index in [0.717, 1.165) is 11.1 Å². The molecular formula is C32H28N2O7S. The van der Waals surface area contributed by atoms with Gasteiger partial charge in [-0.25, -0.2) is 9.79 Å². The Morgan fingerprint density at radius 2 is 1.83 bits per heavy atom. The van der Waals surface area contributed by atoms with E-state index in [1.165, 1.54) is 11.3 Å². The zero-order valence-corrected chi connectivity index (χ0v) is 24.1.